The molecule has 0 radical (unpaired) electrons. The third-order valence-electron chi connectivity index (χ3n) is 3.72. The van der Waals surface area contributed by atoms with E-state index in [1.54, 1.807) is 19.1 Å². The number of phenolic OH excluding ortho intramolecular Hbond substituents is 1. The summed E-state index contributed by atoms with van der Waals surface area (Å²) in [5.74, 6) is -1.61. The van der Waals surface area contributed by atoms with Crippen LogP contribution in [0.5, 0.6) is 5.75 Å². The van der Waals surface area contributed by atoms with Gasteiger partial charge in [0.15, 0.2) is 5.78 Å². The number of aliphatic hydroxyl groups is 2. The Bertz CT molecular complexity index is 748. The van der Waals surface area contributed by atoms with Gasteiger partial charge >= 0.3 is 7.75 Å². The third-order valence-corrected chi connectivity index (χ3v) is 4.28. The molecular formula is C15H18NO7P. The summed E-state index contributed by atoms with van der Waals surface area (Å²) < 4.78 is 11.2. The van der Waals surface area contributed by atoms with Gasteiger partial charge in [-0.15, -0.1) is 0 Å². The Kier molecular flexibility index (Phi) is 5.15. The van der Waals surface area contributed by atoms with E-state index in [4.69, 9.17) is 9.79 Å². The first-order chi connectivity index (χ1) is 11.1. The number of ketones is 1. The SMILES string of the molecule is CC(c1ccc(O)cc1)C(O)C1=C(NP(=O)(O)O)CC(=O)C=C1O. The molecule has 1 aromatic rings. The van der Waals surface area contributed by atoms with E-state index in [2.05, 4.69) is 0 Å². The minimum atomic E-state index is -4.72. The van der Waals surface area contributed by atoms with Crippen LogP contribution < -0.4 is 5.09 Å². The standard InChI is InChI=1S/C15H18NO7P/c1-8(9-2-4-10(17)5-3-9)15(20)14-12(16-24(21,22)23)6-11(18)7-13(14)19/h2-5,7-8,15,17,19-20H,6H2,1H3,(H3,16,21,22,23). The molecule has 130 valence electrons. The number of hydrogen-bond acceptors (Lipinski definition) is 5. The van der Waals surface area contributed by atoms with Crippen LogP contribution in [-0.4, -0.2) is 37.0 Å². The molecule has 2 atom stereocenters. The first-order valence-electron chi connectivity index (χ1n) is 7.06. The normalized spacial score (nSPS) is 18.2. The predicted molar refractivity (Wildman–Crippen MR) is 85.1 cm³/mol. The van der Waals surface area contributed by atoms with Crippen molar-refractivity contribution >= 4 is 13.5 Å². The van der Waals surface area contributed by atoms with Crippen molar-refractivity contribution in [3.05, 3.63) is 52.9 Å². The van der Waals surface area contributed by atoms with Crippen molar-refractivity contribution in [3.63, 3.8) is 0 Å². The fraction of sp³-hybridized carbons (Fsp3) is 0.267. The fourth-order valence-electron chi connectivity index (χ4n) is 2.52. The maximum atomic E-state index is 11.5. The van der Waals surface area contributed by atoms with Crippen molar-refractivity contribution in [2.24, 2.45) is 0 Å². The lowest BCUT2D eigenvalue weighted by atomic mass is 9.86. The summed E-state index contributed by atoms with van der Waals surface area (Å²) in [5, 5.41) is 31.8. The van der Waals surface area contributed by atoms with Crippen LogP contribution in [0.3, 0.4) is 0 Å². The maximum Gasteiger partial charge on any atom is 0.427 e. The van der Waals surface area contributed by atoms with E-state index in [9.17, 15) is 24.7 Å². The zero-order valence-corrected chi connectivity index (χ0v) is 13.6. The van der Waals surface area contributed by atoms with Gasteiger partial charge in [0.25, 0.3) is 0 Å². The number of carbonyl (C=O) groups excluding carboxylic acids is 1. The largest absolute Gasteiger partial charge is 0.508 e. The molecule has 0 spiro atoms. The van der Waals surface area contributed by atoms with Gasteiger partial charge in [-0.1, -0.05) is 19.1 Å². The van der Waals surface area contributed by atoms with Crippen LogP contribution in [0.2, 0.25) is 0 Å². The van der Waals surface area contributed by atoms with Gasteiger partial charge in [0.05, 0.1) is 12.5 Å². The van der Waals surface area contributed by atoms with E-state index in [0.29, 0.717) is 5.56 Å². The highest BCUT2D eigenvalue weighted by Gasteiger charge is 2.32. The molecule has 0 aliphatic heterocycles. The maximum absolute atomic E-state index is 11.5. The first-order valence-corrected chi connectivity index (χ1v) is 8.67. The molecule has 0 aromatic heterocycles. The number of carbonyl (C=O) groups is 1. The van der Waals surface area contributed by atoms with Crippen LogP contribution in [0.4, 0.5) is 0 Å². The number of hydrogen-bond donors (Lipinski definition) is 6. The molecule has 0 fully saturated rings. The van der Waals surface area contributed by atoms with Gasteiger partial charge in [0.2, 0.25) is 0 Å². The molecule has 0 heterocycles. The topological polar surface area (TPSA) is 147 Å². The van der Waals surface area contributed by atoms with Gasteiger partial charge < -0.3 is 25.1 Å². The number of aromatic hydroxyl groups is 1. The molecule has 0 saturated heterocycles. The van der Waals surface area contributed by atoms with Gasteiger partial charge in [0.1, 0.15) is 11.5 Å². The van der Waals surface area contributed by atoms with E-state index in [-0.39, 0.29) is 23.4 Å². The molecule has 0 amide bonds. The Hall–Kier alpha value is -2.12. The van der Waals surface area contributed by atoms with Gasteiger partial charge in [-0.2, -0.15) is 0 Å². The molecule has 2 unspecified atom stereocenters. The minimum Gasteiger partial charge on any atom is -0.508 e. The van der Waals surface area contributed by atoms with Crippen LogP contribution in [0.1, 0.15) is 24.8 Å². The predicted octanol–water partition coefficient (Wildman–Crippen LogP) is 1.21. The lowest BCUT2D eigenvalue weighted by Crippen LogP contribution is -2.28. The molecule has 1 aliphatic carbocycles. The second-order valence-corrected chi connectivity index (χ2v) is 6.86. The number of allylic oxidation sites excluding steroid dienone is 2. The molecule has 8 nitrogen and oxygen atoms in total. The summed E-state index contributed by atoms with van der Waals surface area (Å²) in [6.45, 7) is 1.64. The highest BCUT2D eigenvalue weighted by molar-refractivity contribution is 7.49. The van der Waals surface area contributed by atoms with Crippen molar-refractivity contribution in [2.45, 2.75) is 25.4 Å². The average molecular weight is 355 g/mol. The molecule has 0 bridgehead atoms. The molecule has 2 rings (SSSR count). The van der Waals surface area contributed by atoms with Crippen molar-refractivity contribution in [3.8, 4) is 5.75 Å². The van der Waals surface area contributed by atoms with E-state index in [1.807, 2.05) is 5.09 Å². The molecular weight excluding hydrogens is 337 g/mol. The highest BCUT2D eigenvalue weighted by Crippen LogP contribution is 2.37. The zero-order valence-electron chi connectivity index (χ0n) is 12.7. The van der Waals surface area contributed by atoms with Crippen LogP contribution in [0.25, 0.3) is 0 Å². The number of nitrogens with one attached hydrogen (secondary N) is 1. The van der Waals surface area contributed by atoms with E-state index < -0.39 is 31.3 Å². The Balaban J connectivity index is 2.41. The summed E-state index contributed by atoms with van der Waals surface area (Å²) in [5.41, 5.74) is 0.276. The summed E-state index contributed by atoms with van der Waals surface area (Å²) >= 11 is 0. The second kappa shape index (κ2) is 6.78. The molecule has 24 heavy (non-hydrogen) atoms. The monoisotopic (exact) mass is 355 g/mol. The zero-order chi connectivity index (χ0) is 18.1. The summed E-state index contributed by atoms with van der Waals surface area (Å²) in [6, 6.07) is 6.02. The van der Waals surface area contributed by atoms with Gasteiger partial charge in [0, 0.05) is 23.3 Å². The molecule has 6 N–H and O–H groups in total. The van der Waals surface area contributed by atoms with Gasteiger partial charge in [-0.25, -0.2) is 4.57 Å². The number of benzene rings is 1. The summed E-state index contributed by atoms with van der Waals surface area (Å²) in [4.78, 5) is 29.7. The quantitative estimate of drug-likeness (QED) is 0.432. The van der Waals surface area contributed by atoms with Crippen LogP contribution in [0, 0.1) is 0 Å². The lowest BCUT2D eigenvalue weighted by molar-refractivity contribution is -0.114. The molecule has 1 aromatic carbocycles. The van der Waals surface area contributed by atoms with Gasteiger partial charge in [-0.05, 0) is 17.7 Å². The lowest BCUT2D eigenvalue weighted by Gasteiger charge is -2.27. The molecule has 1 aliphatic rings. The van der Waals surface area contributed by atoms with E-state index >= 15 is 0 Å². The Morgan fingerprint density at radius 3 is 2.29 bits per heavy atom. The molecule has 9 heteroatoms. The van der Waals surface area contributed by atoms with Crippen molar-refractivity contribution in [1.82, 2.24) is 5.09 Å². The summed E-state index contributed by atoms with van der Waals surface area (Å²) in [6.07, 6.45) is -0.787. The van der Waals surface area contributed by atoms with Crippen LogP contribution in [-0.2, 0) is 9.36 Å². The van der Waals surface area contributed by atoms with Gasteiger partial charge in [-0.3, -0.25) is 9.88 Å². The van der Waals surface area contributed by atoms with Crippen molar-refractivity contribution < 1.29 is 34.5 Å². The van der Waals surface area contributed by atoms with Crippen LogP contribution >= 0.6 is 7.75 Å². The first kappa shape index (κ1) is 18.2. The number of aliphatic hydroxyl groups excluding tert-OH is 2. The second-order valence-electron chi connectivity index (χ2n) is 5.55. The Labute approximate surface area is 138 Å². The number of phenols is 1. The minimum absolute atomic E-state index is 0.0505. The number of rotatable bonds is 5. The Morgan fingerprint density at radius 1 is 1.17 bits per heavy atom. The average Bonchev–Trinajstić information content (AvgIpc) is 2.44. The van der Waals surface area contributed by atoms with Crippen molar-refractivity contribution in [2.75, 3.05) is 0 Å². The fourth-order valence-corrected chi connectivity index (χ4v) is 3.07. The molecule has 0 saturated carbocycles. The van der Waals surface area contributed by atoms with E-state index in [1.165, 1.54) is 12.1 Å². The highest BCUT2D eigenvalue weighted by atomic mass is 31.2. The summed E-state index contributed by atoms with van der Waals surface area (Å²) in [7, 11) is -4.72. The van der Waals surface area contributed by atoms with Crippen molar-refractivity contribution in [1.29, 1.82) is 0 Å². The van der Waals surface area contributed by atoms with E-state index in [0.717, 1.165) is 6.08 Å². The third kappa shape index (κ3) is 4.24. The smallest absolute Gasteiger partial charge is 0.427 e. The van der Waals surface area contributed by atoms with Crippen LogP contribution in [0.15, 0.2) is 47.4 Å². The Morgan fingerprint density at radius 2 is 1.75 bits per heavy atom.